The largest absolute Gasteiger partial charge is 0.496 e. The standard InChI is InChI=1S/C30H36N2O3/c1-5-35-27-8-6-7-25(19-27)22-9-11-24(12-10-22)30(33)31-26-13-14-29(34-4)28(20-26)23-15-17-32(18-16-23)21(2)3/h6-14,19-21,23H,5,15-18H2,1-4H3,(H,31,33). The molecule has 184 valence electrons. The first-order valence-electron chi connectivity index (χ1n) is 12.5. The summed E-state index contributed by atoms with van der Waals surface area (Å²) in [6.45, 7) is 9.28. The van der Waals surface area contributed by atoms with Gasteiger partial charge in [0.1, 0.15) is 11.5 Å². The Labute approximate surface area is 209 Å². The van der Waals surface area contributed by atoms with E-state index in [1.165, 1.54) is 5.56 Å². The van der Waals surface area contributed by atoms with E-state index in [1.807, 2.05) is 67.6 Å². The normalized spacial score (nSPS) is 14.7. The lowest BCUT2D eigenvalue weighted by molar-refractivity contribution is 0.102. The highest BCUT2D eigenvalue weighted by Crippen LogP contribution is 2.36. The van der Waals surface area contributed by atoms with Gasteiger partial charge in [0.05, 0.1) is 13.7 Å². The molecule has 35 heavy (non-hydrogen) atoms. The molecule has 3 aromatic carbocycles. The number of carbonyl (C=O) groups is 1. The second-order valence-corrected chi connectivity index (χ2v) is 9.35. The summed E-state index contributed by atoms with van der Waals surface area (Å²) >= 11 is 0. The minimum atomic E-state index is -0.120. The number of anilines is 1. The first-order valence-corrected chi connectivity index (χ1v) is 12.5. The van der Waals surface area contributed by atoms with Crippen LogP contribution >= 0.6 is 0 Å². The van der Waals surface area contributed by atoms with Gasteiger partial charge in [-0.15, -0.1) is 0 Å². The van der Waals surface area contributed by atoms with E-state index in [0.717, 1.165) is 54.2 Å². The summed E-state index contributed by atoms with van der Waals surface area (Å²) < 4.78 is 11.3. The monoisotopic (exact) mass is 472 g/mol. The number of nitrogens with zero attached hydrogens (tertiary/aromatic N) is 1. The molecule has 5 heteroatoms. The maximum absolute atomic E-state index is 13.0. The molecule has 1 aliphatic heterocycles. The lowest BCUT2D eigenvalue weighted by atomic mass is 9.88. The Morgan fingerprint density at radius 3 is 2.40 bits per heavy atom. The van der Waals surface area contributed by atoms with Crippen molar-refractivity contribution in [3.8, 4) is 22.6 Å². The average molecular weight is 473 g/mol. The number of piperidine rings is 1. The Kier molecular flexibility index (Phi) is 8.09. The van der Waals surface area contributed by atoms with E-state index >= 15 is 0 Å². The van der Waals surface area contributed by atoms with Crippen molar-refractivity contribution >= 4 is 11.6 Å². The average Bonchev–Trinajstić information content (AvgIpc) is 2.89. The number of amides is 1. The van der Waals surface area contributed by atoms with E-state index in [1.54, 1.807) is 7.11 Å². The Hall–Kier alpha value is -3.31. The molecular weight excluding hydrogens is 436 g/mol. The maximum Gasteiger partial charge on any atom is 0.255 e. The van der Waals surface area contributed by atoms with Gasteiger partial charge >= 0.3 is 0 Å². The van der Waals surface area contributed by atoms with Gasteiger partial charge in [-0.25, -0.2) is 0 Å². The quantitative estimate of drug-likeness (QED) is 0.401. The first kappa shape index (κ1) is 24.8. The minimum absolute atomic E-state index is 0.120. The molecule has 0 bridgehead atoms. The third-order valence-electron chi connectivity index (χ3n) is 6.81. The van der Waals surface area contributed by atoms with Gasteiger partial charge in [-0.05, 0) is 112 Å². The van der Waals surface area contributed by atoms with Crippen LogP contribution < -0.4 is 14.8 Å². The number of hydrogen-bond donors (Lipinski definition) is 1. The van der Waals surface area contributed by atoms with E-state index in [9.17, 15) is 4.79 Å². The van der Waals surface area contributed by atoms with E-state index in [-0.39, 0.29) is 5.91 Å². The van der Waals surface area contributed by atoms with Crippen molar-refractivity contribution in [2.24, 2.45) is 0 Å². The summed E-state index contributed by atoms with van der Waals surface area (Å²) in [5.74, 6) is 2.05. The van der Waals surface area contributed by atoms with Gasteiger partial charge in [-0.1, -0.05) is 24.3 Å². The van der Waals surface area contributed by atoms with Gasteiger partial charge in [-0.2, -0.15) is 0 Å². The number of likely N-dealkylation sites (tertiary alicyclic amines) is 1. The topological polar surface area (TPSA) is 50.8 Å². The Balaban J connectivity index is 1.46. The molecule has 3 aromatic rings. The summed E-state index contributed by atoms with van der Waals surface area (Å²) in [5.41, 5.74) is 4.70. The Morgan fingerprint density at radius 1 is 1.00 bits per heavy atom. The van der Waals surface area contributed by atoms with Crippen LogP contribution in [0.15, 0.2) is 66.7 Å². The van der Waals surface area contributed by atoms with Crippen LogP contribution in [0.25, 0.3) is 11.1 Å². The van der Waals surface area contributed by atoms with Crippen LogP contribution in [0.2, 0.25) is 0 Å². The highest BCUT2D eigenvalue weighted by molar-refractivity contribution is 6.04. The van der Waals surface area contributed by atoms with Crippen LogP contribution in [-0.2, 0) is 0 Å². The SMILES string of the molecule is CCOc1cccc(-c2ccc(C(=O)Nc3ccc(OC)c(C4CCN(C(C)C)CC4)c3)cc2)c1. The predicted molar refractivity (Wildman–Crippen MR) is 143 cm³/mol. The minimum Gasteiger partial charge on any atom is -0.496 e. The molecular formula is C30H36N2O3. The Morgan fingerprint density at radius 2 is 1.74 bits per heavy atom. The lowest BCUT2D eigenvalue weighted by Crippen LogP contribution is -2.37. The zero-order valence-corrected chi connectivity index (χ0v) is 21.2. The second-order valence-electron chi connectivity index (χ2n) is 9.35. The third-order valence-corrected chi connectivity index (χ3v) is 6.81. The van der Waals surface area contributed by atoms with Crippen molar-refractivity contribution in [1.29, 1.82) is 0 Å². The zero-order chi connectivity index (χ0) is 24.8. The molecule has 0 saturated carbocycles. The second kappa shape index (κ2) is 11.4. The zero-order valence-electron chi connectivity index (χ0n) is 21.2. The van der Waals surface area contributed by atoms with E-state index < -0.39 is 0 Å². The molecule has 4 rings (SSSR count). The Bertz CT molecular complexity index is 1130. The number of methoxy groups -OCH3 is 1. The molecule has 0 spiro atoms. The van der Waals surface area contributed by atoms with Crippen LogP contribution in [0, 0.1) is 0 Å². The van der Waals surface area contributed by atoms with Crippen molar-refractivity contribution < 1.29 is 14.3 Å². The van der Waals surface area contributed by atoms with E-state index in [0.29, 0.717) is 24.1 Å². The van der Waals surface area contributed by atoms with Crippen molar-refractivity contribution in [2.75, 3.05) is 32.1 Å². The molecule has 1 amide bonds. The highest BCUT2D eigenvalue weighted by Gasteiger charge is 2.24. The smallest absolute Gasteiger partial charge is 0.255 e. The van der Waals surface area contributed by atoms with Gasteiger partial charge in [-0.3, -0.25) is 4.79 Å². The number of benzene rings is 3. The van der Waals surface area contributed by atoms with Crippen molar-refractivity contribution in [1.82, 2.24) is 4.90 Å². The molecule has 1 aliphatic rings. The van der Waals surface area contributed by atoms with Crippen LogP contribution in [0.3, 0.4) is 0 Å². The molecule has 0 atom stereocenters. The molecule has 5 nitrogen and oxygen atoms in total. The van der Waals surface area contributed by atoms with Crippen LogP contribution in [0.5, 0.6) is 11.5 Å². The molecule has 1 heterocycles. The number of nitrogens with one attached hydrogen (secondary N) is 1. The molecule has 1 N–H and O–H groups in total. The molecule has 0 aliphatic carbocycles. The molecule has 1 fully saturated rings. The third kappa shape index (κ3) is 6.04. The van der Waals surface area contributed by atoms with Crippen molar-refractivity contribution in [3.05, 3.63) is 77.9 Å². The van der Waals surface area contributed by atoms with Crippen LogP contribution in [-0.4, -0.2) is 43.7 Å². The number of ether oxygens (including phenoxy) is 2. The predicted octanol–water partition coefficient (Wildman–Crippen LogP) is 6.60. The lowest BCUT2D eigenvalue weighted by Gasteiger charge is -2.35. The number of rotatable bonds is 8. The maximum atomic E-state index is 13.0. The van der Waals surface area contributed by atoms with Crippen LogP contribution in [0.4, 0.5) is 5.69 Å². The fourth-order valence-corrected chi connectivity index (χ4v) is 4.81. The first-order chi connectivity index (χ1) is 17.0. The summed E-state index contributed by atoms with van der Waals surface area (Å²) in [7, 11) is 1.71. The number of carbonyl (C=O) groups excluding carboxylic acids is 1. The van der Waals surface area contributed by atoms with Gasteiger partial charge < -0.3 is 19.7 Å². The highest BCUT2D eigenvalue weighted by atomic mass is 16.5. The van der Waals surface area contributed by atoms with E-state index in [2.05, 4.69) is 30.1 Å². The summed E-state index contributed by atoms with van der Waals surface area (Å²) in [6, 6.07) is 22.2. The molecule has 1 saturated heterocycles. The molecule has 0 radical (unpaired) electrons. The summed E-state index contributed by atoms with van der Waals surface area (Å²) in [6.07, 6.45) is 2.19. The van der Waals surface area contributed by atoms with Crippen molar-refractivity contribution in [3.63, 3.8) is 0 Å². The van der Waals surface area contributed by atoms with Gasteiger partial charge in [0.25, 0.3) is 5.91 Å². The number of hydrogen-bond acceptors (Lipinski definition) is 4. The fraction of sp³-hybridized carbons (Fsp3) is 0.367. The molecule has 0 unspecified atom stereocenters. The van der Waals surface area contributed by atoms with Crippen molar-refractivity contribution in [2.45, 2.75) is 45.6 Å². The van der Waals surface area contributed by atoms with E-state index in [4.69, 9.17) is 9.47 Å². The fourth-order valence-electron chi connectivity index (χ4n) is 4.81. The van der Waals surface area contributed by atoms with Crippen LogP contribution in [0.1, 0.15) is 55.5 Å². The van der Waals surface area contributed by atoms with Gasteiger partial charge in [0.2, 0.25) is 0 Å². The van der Waals surface area contributed by atoms with Gasteiger partial charge in [0, 0.05) is 17.3 Å². The summed E-state index contributed by atoms with van der Waals surface area (Å²) in [4.78, 5) is 15.5. The summed E-state index contributed by atoms with van der Waals surface area (Å²) in [5, 5.41) is 3.08. The molecule has 0 aromatic heterocycles. The van der Waals surface area contributed by atoms with Gasteiger partial charge in [0.15, 0.2) is 0 Å².